The van der Waals surface area contributed by atoms with E-state index in [-0.39, 0.29) is 0 Å². The van der Waals surface area contributed by atoms with Crippen LogP contribution >= 0.6 is 11.6 Å². The molecule has 1 fully saturated rings. The minimum atomic E-state index is 0.408. The molecule has 5 heteroatoms. The number of halogens is 1. The van der Waals surface area contributed by atoms with Gasteiger partial charge >= 0.3 is 0 Å². The Bertz CT molecular complexity index is 653. The zero-order valence-electron chi connectivity index (χ0n) is 13.5. The van der Waals surface area contributed by atoms with E-state index >= 15 is 0 Å². The molecule has 21 heavy (non-hydrogen) atoms. The van der Waals surface area contributed by atoms with Gasteiger partial charge < -0.3 is 4.57 Å². The Hall–Kier alpha value is -1.03. The van der Waals surface area contributed by atoms with Gasteiger partial charge in [0.15, 0.2) is 5.65 Å². The molecule has 0 radical (unpaired) electrons. The second-order valence-corrected chi connectivity index (χ2v) is 7.51. The summed E-state index contributed by atoms with van der Waals surface area (Å²) in [5.41, 5.74) is 3.62. The number of hydrogen-bond acceptors (Lipinski definition) is 2. The van der Waals surface area contributed by atoms with Gasteiger partial charge in [-0.1, -0.05) is 20.3 Å². The molecule has 4 nitrogen and oxygen atoms in total. The minimum absolute atomic E-state index is 0.408. The number of aryl methyl sites for hydroxylation is 3. The molecule has 2 aromatic heterocycles. The lowest BCUT2D eigenvalue weighted by atomic mass is 9.75. The Labute approximate surface area is 131 Å². The molecule has 1 aliphatic carbocycles. The smallest absolute Gasteiger partial charge is 0.158 e. The lowest BCUT2D eigenvalue weighted by Crippen LogP contribution is -2.26. The number of rotatable bonds is 3. The molecule has 0 amide bonds. The van der Waals surface area contributed by atoms with Crippen LogP contribution in [-0.4, -0.2) is 25.2 Å². The summed E-state index contributed by atoms with van der Waals surface area (Å²) in [6.07, 6.45) is 5.87. The van der Waals surface area contributed by atoms with E-state index in [0.717, 1.165) is 29.1 Å². The van der Waals surface area contributed by atoms with E-state index < -0.39 is 0 Å². The van der Waals surface area contributed by atoms with Gasteiger partial charge in [-0.15, -0.1) is 11.6 Å². The third-order valence-electron chi connectivity index (χ3n) is 4.77. The highest BCUT2D eigenvalue weighted by Gasteiger charge is 2.32. The molecule has 1 atom stereocenters. The average Bonchev–Trinajstić information content (AvgIpc) is 2.88. The Morgan fingerprint density at radius 3 is 2.81 bits per heavy atom. The third-order valence-corrected chi connectivity index (χ3v) is 4.96. The van der Waals surface area contributed by atoms with Gasteiger partial charge in [-0.2, -0.15) is 5.10 Å². The van der Waals surface area contributed by atoms with E-state index in [1.54, 1.807) is 0 Å². The van der Waals surface area contributed by atoms with Crippen molar-refractivity contribution >= 4 is 22.8 Å². The highest BCUT2D eigenvalue weighted by atomic mass is 35.5. The van der Waals surface area contributed by atoms with Crippen molar-refractivity contribution in [2.75, 3.05) is 5.88 Å². The van der Waals surface area contributed by atoms with Crippen molar-refractivity contribution in [1.82, 2.24) is 19.3 Å². The third kappa shape index (κ3) is 2.59. The molecule has 1 aliphatic rings. The number of nitrogens with zero attached hydrogens (tertiary/aromatic N) is 4. The highest BCUT2D eigenvalue weighted by Crippen LogP contribution is 2.42. The van der Waals surface area contributed by atoms with Gasteiger partial charge in [-0.3, -0.25) is 4.68 Å². The second-order valence-electron chi connectivity index (χ2n) is 7.13. The van der Waals surface area contributed by atoms with Crippen molar-refractivity contribution < 1.29 is 0 Å². The quantitative estimate of drug-likeness (QED) is 0.803. The van der Waals surface area contributed by atoms with Crippen LogP contribution in [0.3, 0.4) is 0 Å². The fraction of sp³-hybridized carbons (Fsp3) is 0.750. The first kappa shape index (κ1) is 14.9. The Morgan fingerprint density at radius 1 is 1.38 bits per heavy atom. The molecule has 2 aromatic rings. The van der Waals surface area contributed by atoms with E-state index in [9.17, 15) is 0 Å². The molecule has 0 aromatic carbocycles. The van der Waals surface area contributed by atoms with Crippen molar-refractivity contribution in [2.45, 2.75) is 58.9 Å². The van der Waals surface area contributed by atoms with Gasteiger partial charge in [-0.25, -0.2) is 4.98 Å². The van der Waals surface area contributed by atoms with Gasteiger partial charge in [0.1, 0.15) is 11.3 Å². The summed E-state index contributed by atoms with van der Waals surface area (Å²) in [7, 11) is 2.02. The maximum Gasteiger partial charge on any atom is 0.158 e. The lowest BCUT2D eigenvalue weighted by Gasteiger charge is -2.36. The van der Waals surface area contributed by atoms with Crippen LogP contribution in [0.25, 0.3) is 11.2 Å². The number of hydrogen-bond donors (Lipinski definition) is 0. The van der Waals surface area contributed by atoms with E-state index in [0.29, 0.717) is 17.3 Å². The molecule has 2 heterocycles. The monoisotopic (exact) mass is 308 g/mol. The van der Waals surface area contributed by atoms with Crippen LogP contribution in [0.4, 0.5) is 0 Å². The summed E-state index contributed by atoms with van der Waals surface area (Å²) in [5.74, 6) is 1.74. The molecule has 3 rings (SSSR count). The molecule has 1 saturated carbocycles. The predicted molar refractivity (Wildman–Crippen MR) is 86.9 cm³/mol. The van der Waals surface area contributed by atoms with Crippen LogP contribution in [-0.2, 0) is 13.5 Å². The van der Waals surface area contributed by atoms with E-state index in [1.165, 1.54) is 25.7 Å². The van der Waals surface area contributed by atoms with Crippen molar-refractivity contribution in [2.24, 2.45) is 12.5 Å². The molecule has 116 valence electrons. The molecular weight excluding hydrogens is 284 g/mol. The summed E-state index contributed by atoms with van der Waals surface area (Å²) in [6.45, 7) is 6.79. The van der Waals surface area contributed by atoms with Crippen LogP contribution in [0.15, 0.2) is 0 Å². The molecule has 0 spiro atoms. The van der Waals surface area contributed by atoms with Crippen molar-refractivity contribution in [1.29, 1.82) is 0 Å². The first-order valence-electron chi connectivity index (χ1n) is 7.89. The summed E-state index contributed by atoms with van der Waals surface area (Å²) >= 11 is 6.00. The number of fused-ring (bicyclic) bond motifs is 1. The summed E-state index contributed by atoms with van der Waals surface area (Å²) in [6, 6.07) is 0.520. The number of imidazole rings is 1. The van der Waals surface area contributed by atoms with Crippen molar-refractivity contribution in [3.8, 4) is 0 Å². The van der Waals surface area contributed by atoms with E-state index in [1.807, 2.05) is 18.7 Å². The molecule has 1 unspecified atom stereocenters. The molecule has 0 saturated heterocycles. The normalized spacial score (nSPS) is 22.0. The SMILES string of the molecule is Cc1nn(C)c2c1nc(CCCl)n2C1CCCC(C)(C)C1. The first-order chi connectivity index (χ1) is 9.93. The second kappa shape index (κ2) is 5.31. The summed E-state index contributed by atoms with van der Waals surface area (Å²) in [4.78, 5) is 4.84. The average molecular weight is 309 g/mol. The van der Waals surface area contributed by atoms with Gasteiger partial charge in [0.05, 0.1) is 5.69 Å². The zero-order chi connectivity index (χ0) is 15.2. The maximum atomic E-state index is 6.00. The molecule has 0 N–H and O–H groups in total. The Kier molecular flexibility index (Phi) is 3.76. The van der Waals surface area contributed by atoms with Gasteiger partial charge in [0.2, 0.25) is 0 Å². The summed E-state index contributed by atoms with van der Waals surface area (Å²) in [5, 5.41) is 4.54. The molecular formula is C16H25ClN4. The largest absolute Gasteiger partial charge is 0.310 e. The van der Waals surface area contributed by atoms with Crippen LogP contribution in [0, 0.1) is 12.3 Å². The van der Waals surface area contributed by atoms with Gasteiger partial charge in [0, 0.05) is 25.4 Å². The fourth-order valence-corrected chi connectivity index (χ4v) is 4.03. The van der Waals surface area contributed by atoms with Crippen molar-refractivity contribution in [3.63, 3.8) is 0 Å². The van der Waals surface area contributed by atoms with Crippen molar-refractivity contribution in [3.05, 3.63) is 11.5 Å². The lowest BCUT2D eigenvalue weighted by molar-refractivity contribution is 0.183. The highest BCUT2D eigenvalue weighted by molar-refractivity contribution is 6.17. The standard InChI is InChI=1S/C16H25ClN4/c1-11-14-15(20(4)19-11)21(13(18-14)7-9-17)12-6-5-8-16(2,3)10-12/h12H,5-10H2,1-4H3. The topological polar surface area (TPSA) is 35.6 Å². The minimum Gasteiger partial charge on any atom is -0.310 e. The maximum absolute atomic E-state index is 6.00. The predicted octanol–water partition coefficient (Wildman–Crippen LogP) is 4.00. The Balaban J connectivity index is 2.12. The van der Waals surface area contributed by atoms with Crippen LogP contribution in [0.2, 0.25) is 0 Å². The summed E-state index contributed by atoms with van der Waals surface area (Å²) < 4.78 is 4.41. The number of aromatic nitrogens is 4. The molecule has 0 bridgehead atoms. The molecule has 0 aliphatic heterocycles. The van der Waals surface area contributed by atoms with Crippen LogP contribution < -0.4 is 0 Å². The zero-order valence-corrected chi connectivity index (χ0v) is 14.2. The fourth-order valence-electron chi connectivity index (χ4n) is 3.86. The van der Waals surface area contributed by atoms with Crippen LogP contribution in [0.5, 0.6) is 0 Å². The van der Waals surface area contributed by atoms with Gasteiger partial charge in [-0.05, 0) is 31.6 Å². The van der Waals surface area contributed by atoms with E-state index in [2.05, 4.69) is 23.5 Å². The van der Waals surface area contributed by atoms with E-state index in [4.69, 9.17) is 16.6 Å². The first-order valence-corrected chi connectivity index (χ1v) is 8.43. The number of alkyl halides is 1. The van der Waals surface area contributed by atoms with Gasteiger partial charge in [0.25, 0.3) is 0 Å². The Morgan fingerprint density at radius 2 is 2.14 bits per heavy atom. The van der Waals surface area contributed by atoms with Crippen LogP contribution in [0.1, 0.15) is 57.1 Å².